The molecule has 7 heteroatoms. The Morgan fingerprint density at radius 2 is 0.964 bits per heavy atom. The molecule has 0 bridgehead atoms. The van der Waals surface area contributed by atoms with Gasteiger partial charge in [-0.15, -0.1) is 0 Å². The van der Waals surface area contributed by atoms with Gasteiger partial charge in [-0.2, -0.15) is 8.42 Å². The third-order valence-electron chi connectivity index (χ3n) is 4.88. The Hall–Kier alpha value is 0.380. The SMILES string of the molecule is CCCCCCCCCCCCCCCCCCCC(=O)OS(=O)(=O)OC.[NaH]. The number of carbonyl (C=O) groups excluding carboxylic acids is 1. The fourth-order valence-corrected chi connectivity index (χ4v) is 3.56. The van der Waals surface area contributed by atoms with E-state index < -0.39 is 16.4 Å². The van der Waals surface area contributed by atoms with Crippen LogP contribution in [0.4, 0.5) is 0 Å². The van der Waals surface area contributed by atoms with Crippen molar-refractivity contribution in [1.82, 2.24) is 0 Å². The first kappa shape index (κ1) is 30.6. The summed E-state index contributed by atoms with van der Waals surface area (Å²) in [6.07, 6.45) is 21.8. The molecule has 164 valence electrons. The fourth-order valence-electron chi connectivity index (χ4n) is 3.18. The normalized spacial score (nSPS) is 11.2. The number of hydrogen-bond acceptors (Lipinski definition) is 5. The summed E-state index contributed by atoms with van der Waals surface area (Å²) in [5, 5.41) is 0. The zero-order valence-electron chi connectivity index (χ0n) is 17.7. The third-order valence-corrected chi connectivity index (χ3v) is 5.68. The van der Waals surface area contributed by atoms with E-state index in [4.69, 9.17) is 0 Å². The maximum atomic E-state index is 11.3. The summed E-state index contributed by atoms with van der Waals surface area (Å²) in [5.74, 6) is -0.738. The van der Waals surface area contributed by atoms with Gasteiger partial charge >= 0.3 is 45.9 Å². The van der Waals surface area contributed by atoms with Crippen molar-refractivity contribution in [3.05, 3.63) is 0 Å². The average Bonchev–Trinajstić information content (AvgIpc) is 2.64. The second-order valence-corrected chi connectivity index (χ2v) is 8.75. The summed E-state index contributed by atoms with van der Waals surface area (Å²) in [7, 11) is -3.17. The van der Waals surface area contributed by atoms with Crippen LogP contribution in [0.2, 0.25) is 0 Å². The van der Waals surface area contributed by atoms with Crippen LogP contribution in [0.15, 0.2) is 0 Å². The van der Waals surface area contributed by atoms with E-state index in [1.165, 1.54) is 89.9 Å². The molecule has 0 aromatic rings. The molecule has 0 aromatic carbocycles. The van der Waals surface area contributed by atoms with Gasteiger partial charge in [-0.1, -0.05) is 110 Å². The van der Waals surface area contributed by atoms with Gasteiger partial charge in [-0.25, -0.2) is 4.18 Å². The zero-order valence-corrected chi connectivity index (χ0v) is 18.5. The standard InChI is InChI=1S/C21H42O5S.Na.H/c1-3-4-5-6-7-8-9-10-11-12-13-14-15-16-17-18-19-20-21(22)26-27(23,24)25-2;;/h3-20H2,1-2H3;;. The van der Waals surface area contributed by atoms with Crippen LogP contribution < -0.4 is 0 Å². The second kappa shape index (κ2) is 22.1. The van der Waals surface area contributed by atoms with Crippen LogP contribution in [0.3, 0.4) is 0 Å². The van der Waals surface area contributed by atoms with Crippen LogP contribution in [0.5, 0.6) is 0 Å². The Bertz CT molecular complexity index is 440. The van der Waals surface area contributed by atoms with Gasteiger partial charge in [0.1, 0.15) is 0 Å². The molecule has 0 fully saturated rings. The van der Waals surface area contributed by atoms with Crippen molar-refractivity contribution in [2.24, 2.45) is 0 Å². The average molecular weight is 431 g/mol. The van der Waals surface area contributed by atoms with Gasteiger partial charge in [0.05, 0.1) is 7.11 Å². The van der Waals surface area contributed by atoms with E-state index in [0.29, 0.717) is 6.42 Å². The minimum absolute atomic E-state index is 0. The monoisotopic (exact) mass is 430 g/mol. The summed E-state index contributed by atoms with van der Waals surface area (Å²) < 4.78 is 30.2. The van der Waals surface area contributed by atoms with Crippen LogP contribution in [0, 0.1) is 0 Å². The molecule has 0 aliphatic rings. The van der Waals surface area contributed by atoms with Gasteiger partial charge < -0.3 is 4.18 Å². The summed E-state index contributed by atoms with van der Waals surface area (Å²) >= 11 is 0. The minimum atomic E-state index is -4.14. The van der Waals surface area contributed by atoms with Crippen LogP contribution in [0.25, 0.3) is 0 Å². The summed E-state index contributed by atoms with van der Waals surface area (Å²) in [6, 6.07) is 0. The summed E-state index contributed by atoms with van der Waals surface area (Å²) in [5.41, 5.74) is 0. The molecule has 0 spiro atoms. The molecule has 0 radical (unpaired) electrons. The number of rotatable bonds is 20. The Morgan fingerprint density at radius 1 is 0.643 bits per heavy atom. The van der Waals surface area contributed by atoms with E-state index in [2.05, 4.69) is 15.3 Å². The van der Waals surface area contributed by atoms with Gasteiger partial charge in [0, 0.05) is 6.42 Å². The van der Waals surface area contributed by atoms with E-state index in [0.717, 1.165) is 20.0 Å². The van der Waals surface area contributed by atoms with Crippen molar-refractivity contribution in [1.29, 1.82) is 0 Å². The van der Waals surface area contributed by atoms with Crippen LogP contribution in [-0.2, 0) is 23.6 Å². The second-order valence-electron chi connectivity index (χ2n) is 7.44. The molecule has 0 aromatic heterocycles. The molecule has 0 N–H and O–H groups in total. The molecule has 5 nitrogen and oxygen atoms in total. The van der Waals surface area contributed by atoms with E-state index in [9.17, 15) is 13.2 Å². The Morgan fingerprint density at radius 3 is 1.29 bits per heavy atom. The van der Waals surface area contributed by atoms with Gasteiger partial charge in [0.15, 0.2) is 0 Å². The first-order valence-corrected chi connectivity index (χ1v) is 12.4. The van der Waals surface area contributed by atoms with Gasteiger partial charge in [0.2, 0.25) is 0 Å². The molecule has 0 aliphatic heterocycles. The number of carbonyl (C=O) groups is 1. The third kappa shape index (κ3) is 22.7. The molecule has 0 saturated heterocycles. The number of hydrogen-bond donors (Lipinski definition) is 0. The molecule has 28 heavy (non-hydrogen) atoms. The molecule has 0 atom stereocenters. The Labute approximate surface area is 196 Å². The first-order valence-electron chi connectivity index (χ1n) is 11.0. The quantitative estimate of drug-likeness (QED) is 0.180. The van der Waals surface area contributed by atoms with Gasteiger partial charge in [-0.3, -0.25) is 4.79 Å². The molecular weight excluding hydrogens is 387 g/mol. The first-order chi connectivity index (χ1) is 13.0. The van der Waals surface area contributed by atoms with Crippen molar-refractivity contribution >= 4 is 45.9 Å². The molecule has 0 unspecified atom stereocenters. The van der Waals surface area contributed by atoms with Gasteiger partial charge in [-0.05, 0) is 6.42 Å². The van der Waals surface area contributed by atoms with Crippen molar-refractivity contribution < 1.29 is 21.6 Å². The van der Waals surface area contributed by atoms with E-state index in [1.54, 1.807) is 0 Å². The van der Waals surface area contributed by atoms with E-state index in [1.807, 2.05) is 0 Å². The Balaban J connectivity index is 0. The van der Waals surface area contributed by atoms with Crippen LogP contribution in [-0.4, -0.2) is 51.1 Å². The molecule has 0 aliphatic carbocycles. The fraction of sp³-hybridized carbons (Fsp3) is 0.952. The molecule has 0 amide bonds. The molecular formula is C21H43NaO5S. The van der Waals surface area contributed by atoms with Gasteiger partial charge in [0.25, 0.3) is 0 Å². The zero-order chi connectivity index (χ0) is 20.2. The molecule has 0 saturated carbocycles. The number of unbranched alkanes of at least 4 members (excludes halogenated alkanes) is 16. The van der Waals surface area contributed by atoms with Crippen LogP contribution >= 0.6 is 0 Å². The molecule has 0 heterocycles. The van der Waals surface area contributed by atoms with Crippen molar-refractivity contribution in [3.8, 4) is 0 Å². The van der Waals surface area contributed by atoms with Crippen molar-refractivity contribution in [3.63, 3.8) is 0 Å². The van der Waals surface area contributed by atoms with Crippen LogP contribution in [0.1, 0.15) is 122 Å². The van der Waals surface area contributed by atoms with Crippen molar-refractivity contribution in [2.75, 3.05) is 7.11 Å². The predicted molar refractivity (Wildman–Crippen MR) is 118 cm³/mol. The maximum absolute atomic E-state index is 11.3. The topological polar surface area (TPSA) is 69.7 Å². The van der Waals surface area contributed by atoms with Crippen molar-refractivity contribution in [2.45, 2.75) is 122 Å². The summed E-state index contributed by atoms with van der Waals surface area (Å²) in [4.78, 5) is 11.3. The Kier molecular flexibility index (Phi) is 24.1. The van der Waals surface area contributed by atoms with E-state index >= 15 is 0 Å². The molecule has 0 rings (SSSR count). The summed E-state index contributed by atoms with van der Waals surface area (Å²) in [6.45, 7) is 2.26. The van der Waals surface area contributed by atoms with E-state index in [-0.39, 0.29) is 36.0 Å². The predicted octanol–water partition coefficient (Wildman–Crippen LogP) is 5.81.